The number of halogens is 2. The molecule has 0 amide bonds. The first-order valence-electron chi connectivity index (χ1n) is 7.50. The molecular weight excluding hydrogens is 326 g/mol. The van der Waals surface area contributed by atoms with E-state index in [0.29, 0.717) is 5.39 Å². The lowest BCUT2D eigenvalue weighted by atomic mass is 9.83. The standard InChI is InChI=1S/C14H15F.C10H2.FH/c1-14(2,3)12-8-9-13(15)11-7-5-4-6-10(11)12;1-3-5-7-9-10-8-6-4-2;/h4-9H,1-3H3;1-2H;1H. The summed E-state index contributed by atoms with van der Waals surface area (Å²) in [6.07, 6.45) is 9.62. The molecule has 0 aliphatic rings. The highest BCUT2D eigenvalue weighted by molar-refractivity contribution is 5.87. The first-order chi connectivity index (χ1) is 11.9. The van der Waals surface area contributed by atoms with E-state index in [1.54, 1.807) is 6.07 Å². The van der Waals surface area contributed by atoms with Gasteiger partial charge in [-0.25, -0.2) is 4.39 Å². The minimum Gasteiger partial charge on any atom is -0.269 e. The third kappa shape index (κ3) is 6.86. The normalized spacial score (nSPS) is 8.23. The van der Waals surface area contributed by atoms with Gasteiger partial charge in [-0.1, -0.05) is 51.1 Å². The average molecular weight is 344 g/mol. The van der Waals surface area contributed by atoms with Crippen molar-refractivity contribution in [2.45, 2.75) is 26.2 Å². The number of terminal acetylenes is 2. The third-order valence-electron chi connectivity index (χ3n) is 3.14. The molecule has 0 aliphatic heterocycles. The molecule has 0 aromatic heterocycles. The fraction of sp³-hybridized carbons (Fsp3) is 0.167. The third-order valence-corrected chi connectivity index (χ3v) is 3.14. The Balaban J connectivity index is 0.000000504. The van der Waals surface area contributed by atoms with Crippen LogP contribution in [0.15, 0.2) is 36.4 Å². The quantitative estimate of drug-likeness (QED) is 0.608. The Labute approximate surface area is 154 Å². The molecule has 0 atom stereocenters. The first kappa shape index (κ1) is 22.4. The molecule has 0 unspecified atom stereocenters. The smallest absolute Gasteiger partial charge is 0.131 e. The van der Waals surface area contributed by atoms with E-state index in [9.17, 15) is 4.39 Å². The SMILES string of the molecule is C#CC#CC#CC#CC#C.CC(C)(C)c1ccc(F)c2ccccc12.F. The molecule has 26 heavy (non-hydrogen) atoms. The van der Waals surface area contributed by atoms with Gasteiger partial charge in [0.2, 0.25) is 0 Å². The summed E-state index contributed by atoms with van der Waals surface area (Å²) in [5.41, 5.74) is 1.24. The Kier molecular flexibility index (Phi) is 9.47. The van der Waals surface area contributed by atoms with Crippen molar-refractivity contribution in [2.75, 3.05) is 0 Å². The number of benzene rings is 2. The van der Waals surface area contributed by atoms with Crippen LogP contribution in [0.25, 0.3) is 10.8 Å². The fourth-order valence-electron chi connectivity index (χ4n) is 2.11. The highest BCUT2D eigenvalue weighted by Crippen LogP contribution is 2.30. The van der Waals surface area contributed by atoms with Gasteiger partial charge in [0.1, 0.15) is 5.82 Å². The molecule has 0 nitrogen and oxygen atoms in total. The molecule has 0 fully saturated rings. The van der Waals surface area contributed by atoms with Crippen molar-refractivity contribution in [1.82, 2.24) is 0 Å². The van der Waals surface area contributed by atoms with Gasteiger partial charge in [0.05, 0.1) is 0 Å². The van der Waals surface area contributed by atoms with E-state index in [1.165, 1.54) is 5.56 Å². The highest BCUT2D eigenvalue weighted by atomic mass is 19.1. The van der Waals surface area contributed by atoms with Crippen LogP contribution in [0.3, 0.4) is 0 Å². The Hall–Kier alpha value is -3.64. The molecule has 2 rings (SSSR count). The van der Waals surface area contributed by atoms with Gasteiger partial charge in [-0.15, -0.1) is 12.8 Å². The molecule has 0 saturated heterocycles. The van der Waals surface area contributed by atoms with Crippen LogP contribution >= 0.6 is 0 Å². The minimum absolute atomic E-state index is 0. The van der Waals surface area contributed by atoms with Crippen molar-refractivity contribution in [2.24, 2.45) is 0 Å². The lowest BCUT2D eigenvalue weighted by Crippen LogP contribution is -2.11. The Morgan fingerprint density at radius 2 is 1.19 bits per heavy atom. The maximum atomic E-state index is 13.6. The molecule has 0 bridgehead atoms. The van der Waals surface area contributed by atoms with E-state index in [1.807, 2.05) is 30.3 Å². The lowest BCUT2D eigenvalue weighted by Gasteiger charge is -2.21. The fourth-order valence-corrected chi connectivity index (χ4v) is 2.11. The van der Waals surface area contributed by atoms with E-state index in [-0.39, 0.29) is 15.9 Å². The van der Waals surface area contributed by atoms with Crippen LogP contribution in [0.5, 0.6) is 0 Å². The van der Waals surface area contributed by atoms with Crippen molar-refractivity contribution >= 4 is 10.8 Å². The second kappa shape index (κ2) is 11.0. The summed E-state index contributed by atoms with van der Waals surface area (Å²) in [7, 11) is 0. The summed E-state index contributed by atoms with van der Waals surface area (Å²) < 4.78 is 13.6. The van der Waals surface area contributed by atoms with Gasteiger partial charge < -0.3 is 0 Å². The second-order valence-electron chi connectivity index (χ2n) is 5.93. The molecule has 2 heteroatoms. The molecule has 2 aromatic rings. The zero-order chi connectivity index (χ0) is 18.7. The van der Waals surface area contributed by atoms with Gasteiger partial charge in [-0.05, 0) is 69.8 Å². The minimum atomic E-state index is -0.140. The van der Waals surface area contributed by atoms with Gasteiger partial charge in [-0.3, -0.25) is 4.70 Å². The zero-order valence-corrected chi connectivity index (χ0v) is 14.9. The Bertz CT molecular complexity index is 983. The molecule has 0 aliphatic carbocycles. The molecule has 0 radical (unpaired) electrons. The van der Waals surface area contributed by atoms with E-state index >= 15 is 0 Å². The van der Waals surface area contributed by atoms with Gasteiger partial charge in [0.25, 0.3) is 0 Å². The van der Waals surface area contributed by atoms with Crippen LogP contribution in [-0.4, -0.2) is 0 Å². The molecule has 0 N–H and O–H groups in total. The van der Waals surface area contributed by atoms with Crippen LogP contribution in [0.1, 0.15) is 26.3 Å². The van der Waals surface area contributed by atoms with Crippen LogP contribution in [0, 0.1) is 66.0 Å². The van der Waals surface area contributed by atoms with Crippen molar-refractivity contribution in [3.63, 3.8) is 0 Å². The zero-order valence-electron chi connectivity index (χ0n) is 14.9. The largest absolute Gasteiger partial charge is 0.269 e. The summed E-state index contributed by atoms with van der Waals surface area (Å²) >= 11 is 0. The Morgan fingerprint density at radius 3 is 1.65 bits per heavy atom. The number of hydrogen-bond donors (Lipinski definition) is 0. The average Bonchev–Trinajstić information content (AvgIpc) is 2.58. The summed E-state index contributed by atoms with van der Waals surface area (Å²) in [5, 5.41) is 1.73. The number of hydrogen-bond acceptors (Lipinski definition) is 0. The van der Waals surface area contributed by atoms with E-state index in [4.69, 9.17) is 12.8 Å². The van der Waals surface area contributed by atoms with Crippen molar-refractivity contribution in [3.8, 4) is 60.2 Å². The topological polar surface area (TPSA) is 0 Å². The number of rotatable bonds is 0. The summed E-state index contributed by atoms with van der Waals surface area (Å²) in [5.74, 6) is 18.2. The molecule has 128 valence electrons. The first-order valence-corrected chi connectivity index (χ1v) is 7.50. The molecular formula is C24H18F2. The van der Waals surface area contributed by atoms with Crippen molar-refractivity contribution in [1.29, 1.82) is 0 Å². The molecule has 2 aromatic carbocycles. The summed E-state index contributed by atoms with van der Waals surface area (Å²) in [6.45, 7) is 6.44. The van der Waals surface area contributed by atoms with Crippen LogP contribution in [0.4, 0.5) is 9.09 Å². The number of fused-ring (bicyclic) bond motifs is 1. The second-order valence-corrected chi connectivity index (χ2v) is 5.93. The molecule has 0 heterocycles. The monoisotopic (exact) mass is 344 g/mol. The van der Waals surface area contributed by atoms with E-state index < -0.39 is 0 Å². The summed E-state index contributed by atoms with van der Waals surface area (Å²) in [6, 6.07) is 11.1. The lowest BCUT2D eigenvalue weighted by molar-refractivity contribution is 0.591. The van der Waals surface area contributed by atoms with Crippen LogP contribution in [-0.2, 0) is 5.41 Å². The predicted molar refractivity (Wildman–Crippen MR) is 106 cm³/mol. The highest BCUT2D eigenvalue weighted by Gasteiger charge is 2.17. The van der Waals surface area contributed by atoms with Gasteiger partial charge in [0, 0.05) is 5.39 Å². The van der Waals surface area contributed by atoms with E-state index in [2.05, 4.69) is 68.1 Å². The predicted octanol–water partition coefficient (Wildman–Crippen LogP) is 4.69. The summed E-state index contributed by atoms with van der Waals surface area (Å²) in [4.78, 5) is 0. The van der Waals surface area contributed by atoms with Crippen LogP contribution in [0.2, 0.25) is 0 Å². The van der Waals surface area contributed by atoms with Gasteiger partial charge in [-0.2, -0.15) is 0 Å². The van der Waals surface area contributed by atoms with Crippen molar-refractivity contribution in [3.05, 3.63) is 47.8 Å². The molecule has 0 spiro atoms. The van der Waals surface area contributed by atoms with Gasteiger partial charge >= 0.3 is 0 Å². The molecule has 0 saturated carbocycles. The van der Waals surface area contributed by atoms with Crippen LogP contribution < -0.4 is 0 Å². The van der Waals surface area contributed by atoms with Crippen molar-refractivity contribution < 1.29 is 9.09 Å². The maximum Gasteiger partial charge on any atom is 0.131 e. The Morgan fingerprint density at radius 1 is 0.731 bits per heavy atom. The van der Waals surface area contributed by atoms with Gasteiger partial charge in [0.15, 0.2) is 0 Å². The maximum absolute atomic E-state index is 13.6. The van der Waals surface area contributed by atoms with E-state index in [0.717, 1.165) is 5.39 Å².